The maximum absolute atomic E-state index is 5.89. The lowest BCUT2D eigenvalue weighted by Crippen LogP contribution is -2.03. The Morgan fingerprint density at radius 2 is 1.26 bits per heavy atom. The van der Waals surface area contributed by atoms with Gasteiger partial charge in [-0.2, -0.15) is 0 Å². The lowest BCUT2D eigenvalue weighted by atomic mass is 10.1. The quantitative estimate of drug-likeness (QED) is 0.563. The summed E-state index contributed by atoms with van der Waals surface area (Å²) in [4.78, 5) is 0. The first-order chi connectivity index (χ1) is 13.2. The van der Waals surface area contributed by atoms with Crippen LogP contribution in [0, 0.1) is 6.92 Å². The van der Waals surface area contributed by atoms with Crippen LogP contribution in [0.2, 0.25) is 0 Å². The molecule has 2 aromatic carbocycles. The molecule has 0 aliphatic carbocycles. The fraction of sp³-hybridized carbons (Fsp3) is 0.333. The van der Waals surface area contributed by atoms with Crippen molar-refractivity contribution in [2.24, 2.45) is 0 Å². The number of aromatic nitrogens is 2. The van der Waals surface area contributed by atoms with Crippen LogP contribution in [0.3, 0.4) is 0 Å². The van der Waals surface area contributed by atoms with Crippen LogP contribution in [-0.4, -0.2) is 30.0 Å². The highest BCUT2D eigenvalue weighted by molar-refractivity contribution is 5.66. The van der Waals surface area contributed by atoms with Crippen molar-refractivity contribution in [1.29, 1.82) is 0 Å². The minimum atomic E-state index is 0.399. The van der Waals surface area contributed by atoms with Crippen LogP contribution in [0.5, 0.6) is 17.2 Å². The minimum Gasteiger partial charge on any atom is -0.490 e. The van der Waals surface area contributed by atoms with Gasteiger partial charge in [-0.15, -0.1) is 10.2 Å². The molecule has 0 unspecified atom stereocenters. The Morgan fingerprint density at radius 1 is 0.741 bits per heavy atom. The predicted molar refractivity (Wildman–Crippen MR) is 103 cm³/mol. The van der Waals surface area contributed by atoms with Crippen LogP contribution in [0.4, 0.5) is 0 Å². The molecule has 1 aromatic heterocycles. The second-order valence-corrected chi connectivity index (χ2v) is 5.88. The average molecular weight is 368 g/mol. The van der Waals surface area contributed by atoms with Crippen molar-refractivity contribution in [1.82, 2.24) is 10.2 Å². The van der Waals surface area contributed by atoms with E-state index in [9.17, 15) is 0 Å². The number of benzene rings is 2. The third-order valence-corrected chi connectivity index (χ3v) is 3.88. The third kappa shape index (κ3) is 4.22. The molecule has 0 N–H and O–H groups in total. The van der Waals surface area contributed by atoms with Crippen molar-refractivity contribution in [3.05, 3.63) is 42.0 Å². The summed E-state index contributed by atoms with van der Waals surface area (Å²) in [5.74, 6) is 2.64. The van der Waals surface area contributed by atoms with E-state index < -0.39 is 0 Å². The zero-order valence-corrected chi connectivity index (χ0v) is 16.1. The van der Waals surface area contributed by atoms with Gasteiger partial charge in [-0.05, 0) is 52.0 Å². The van der Waals surface area contributed by atoms with E-state index in [1.807, 2.05) is 64.1 Å². The molecule has 142 valence electrons. The molecule has 0 aliphatic rings. The number of ether oxygens (including phenoxy) is 3. The summed E-state index contributed by atoms with van der Waals surface area (Å²) in [7, 11) is 0. The second kappa shape index (κ2) is 8.58. The predicted octanol–water partition coefficient (Wildman–Crippen LogP) is 4.91. The van der Waals surface area contributed by atoms with Gasteiger partial charge < -0.3 is 18.6 Å². The van der Waals surface area contributed by atoms with Crippen molar-refractivity contribution in [2.75, 3.05) is 19.8 Å². The molecular formula is C21H24N2O4. The van der Waals surface area contributed by atoms with E-state index in [0.717, 1.165) is 11.1 Å². The van der Waals surface area contributed by atoms with Crippen molar-refractivity contribution in [2.45, 2.75) is 27.7 Å². The first-order valence-corrected chi connectivity index (χ1v) is 9.13. The summed E-state index contributed by atoms with van der Waals surface area (Å²) < 4.78 is 23.1. The van der Waals surface area contributed by atoms with Crippen LogP contribution < -0.4 is 14.2 Å². The Labute approximate surface area is 159 Å². The fourth-order valence-corrected chi connectivity index (χ4v) is 2.66. The van der Waals surface area contributed by atoms with Gasteiger partial charge in [0.15, 0.2) is 11.5 Å². The van der Waals surface area contributed by atoms with Crippen LogP contribution >= 0.6 is 0 Å². The molecule has 0 saturated heterocycles. The molecule has 0 aliphatic heterocycles. The molecule has 0 amide bonds. The molecule has 0 atom stereocenters. The molecule has 0 spiro atoms. The molecule has 0 bridgehead atoms. The van der Waals surface area contributed by atoms with Crippen molar-refractivity contribution >= 4 is 0 Å². The lowest BCUT2D eigenvalue weighted by molar-refractivity contribution is 0.261. The van der Waals surface area contributed by atoms with E-state index in [0.29, 0.717) is 48.9 Å². The maximum Gasteiger partial charge on any atom is 0.248 e. The largest absolute Gasteiger partial charge is 0.490 e. The zero-order chi connectivity index (χ0) is 19.2. The van der Waals surface area contributed by atoms with Gasteiger partial charge in [-0.1, -0.05) is 17.7 Å². The van der Waals surface area contributed by atoms with E-state index in [1.165, 1.54) is 5.56 Å². The first kappa shape index (κ1) is 18.8. The molecule has 0 fully saturated rings. The summed E-state index contributed by atoms with van der Waals surface area (Å²) in [5, 5.41) is 8.37. The van der Waals surface area contributed by atoms with Crippen LogP contribution in [0.25, 0.3) is 22.9 Å². The van der Waals surface area contributed by atoms with E-state index in [1.54, 1.807) is 0 Å². The number of aryl methyl sites for hydroxylation is 1. The van der Waals surface area contributed by atoms with Gasteiger partial charge >= 0.3 is 0 Å². The van der Waals surface area contributed by atoms with Gasteiger partial charge in [0.2, 0.25) is 17.5 Å². The average Bonchev–Trinajstić information content (AvgIpc) is 3.15. The number of rotatable bonds is 8. The maximum atomic E-state index is 5.89. The van der Waals surface area contributed by atoms with Crippen molar-refractivity contribution in [3.8, 4) is 40.2 Å². The summed E-state index contributed by atoms with van der Waals surface area (Å²) in [6.45, 7) is 9.33. The molecular weight excluding hydrogens is 344 g/mol. The number of hydrogen-bond donors (Lipinski definition) is 0. The summed E-state index contributed by atoms with van der Waals surface area (Å²) >= 11 is 0. The van der Waals surface area contributed by atoms with Gasteiger partial charge in [0.25, 0.3) is 0 Å². The topological polar surface area (TPSA) is 66.6 Å². The Bertz CT molecular complexity index is 860. The van der Waals surface area contributed by atoms with Crippen molar-refractivity contribution < 1.29 is 18.6 Å². The Kier molecular flexibility index (Phi) is 5.96. The zero-order valence-electron chi connectivity index (χ0n) is 16.1. The minimum absolute atomic E-state index is 0.399. The van der Waals surface area contributed by atoms with Crippen LogP contribution in [0.15, 0.2) is 40.8 Å². The van der Waals surface area contributed by atoms with Crippen LogP contribution in [0.1, 0.15) is 26.3 Å². The normalized spacial score (nSPS) is 10.7. The Balaban J connectivity index is 2.01. The van der Waals surface area contributed by atoms with E-state index in [4.69, 9.17) is 18.6 Å². The van der Waals surface area contributed by atoms with Gasteiger partial charge in [0.1, 0.15) is 0 Å². The highest BCUT2D eigenvalue weighted by atomic mass is 16.5. The smallest absolute Gasteiger partial charge is 0.248 e. The molecule has 6 heteroatoms. The van der Waals surface area contributed by atoms with Gasteiger partial charge in [0, 0.05) is 11.1 Å². The third-order valence-electron chi connectivity index (χ3n) is 3.88. The van der Waals surface area contributed by atoms with E-state index in [2.05, 4.69) is 10.2 Å². The summed E-state index contributed by atoms with van der Waals surface area (Å²) in [6, 6.07) is 11.6. The first-order valence-electron chi connectivity index (χ1n) is 9.13. The molecule has 27 heavy (non-hydrogen) atoms. The van der Waals surface area contributed by atoms with Gasteiger partial charge in [-0.3, -0.25) is 0 Å². The van der Waals surface area contributed by atoms with E-state index >= 15 is 0 Å². The van der Waals surface area contributed by atoms with E-state index in [-0.39, 0.29) is 0 Å². The molecule has 0 saturated carbocycles. The SMILES string of the molecule is CCOc1cc(-c2nnc(-c3ccc(C)cc3)o2)cc(OCC)c1OCC. The second-order valence-electron chi connectivity index (χ2n) is 5.88. The molecule has 1 heterocycles. The van der Waals surface area contributed by atoms with Gasteiger partial charge in [-0.25, -0.2) is 0 Å². The molecule has 3 rings (SSSR count). The molecule has 3 aromatic rings. The molecule has 0 radical (unpaired) electrons. The Morgan fingerprint density at radius 3 is 1.78 bits per heavy atom. The fourth-order valence-electron chi connectivity index (χ4n) is 2.66. The summed E-state index contributed by atoms with van der Waals surface area (Å²) in [6.07, 6.45) is 0. The highest BCUT2D eigenvalue weighted by Crippen LogP contribution is 2.42. The monoisotopic (exact) mass is 368 g/mol. The van der Waals surface area contributed by atoms with Gasteiger partial charge in [0.05, 0.1) is 19.8 Å². The lowest BCUT2D eigenvalue weighted by Gasteiger charge is -2.16. The highest BCUT2D eigenvalue weighted by Gasteiger charge is 2.19. The van der Waals surface area contributed by atoms with Crippen molar-refractivity contribution in [3.63, 3.8) is 0 Å². The van der Waals surface area contributed by atoms with Crippen LogP contribution in [-0.2, 0) is 0 Å². The molecule has 6 nitrogen and oxygen atoms in total. The standard InChI is InChI=1S/C21H24N2O4/c1-5-24-17-12-16(13-18(25-6-2)19(17)26-7-3)21-23-22-20(27-21)15-10-8-14(4)9-11-15/h8-13H,5-7H2,1-4H3. The number of hydrogen-bond acceptors (Lipinski definition) is 6. The summed E-state index contributed by atoms with van der Waals surface area (Å²) in [5.41, 5.74) is 2.77. The Hall–Kier alpha value is -3.02. The number of nitrogens with zero attached hydrogens (tertiary/aromatic N) is 2.